The summed E-state index contributed by atoms with van der Waals surface area (Å²) in [5.41, 5.74) is 6.17. The van der Waals surface area contributed by atoms with Crippen LogP contribution in [-0.2, 0) is 4.79 Å². The Labute approximate surface area is 159 Å². The minimum absolute atomic E-state index is 0. The molecular weight excluding hydrogens is 345 g/mol. The molecule has 0 aromatic rings. The Kier molecular flexibility index (Phi) is 9.35. The Bertz CT molecular complexity index is 382. The lowest BCUT2D eigenvalue weighted by molar-refractivity contribution is -0.136. The molecule has 3 rings (SSSR count). The van der Waals surface area contributed by atoms with Gasteiger partial charge in [-0.25, -0.2) is 0 Å². The number of nitrogens with zero attached hydrogens (tertiary/aromatic N) is 2. The van der Waals surface area contributed by atoms with Gasteiger partial charge in [-0.1, -0.05) is 19.3 Å². The van der Waals surface area contributed by atoms with E-state index in [2.05, 4.69) is 9.80 Å². The summed E-state index contributed by atoms with van der Waals surface area (Å²) in [6.07, 6.45) is 11.9. The van der Waals surface area contributed by atoms with Crippen LogP contribution < -0.4 is 5.73 Å². The number of carbonyl (C=O) groups excluding carboxylic acids is 1. The second-order valence-electron chi connectivity index (χ2n) is 7.82. The highest BCUT2D eigenvalue weighted by atomic mass is 35.5. The number of likely N-dealkylation sites (tertiary alicyclic amines) is 2. The van der Waals surface area contributed by atoms with Crippen LogP contribution in [0.25, 0.3) is 0 Å². The van der Waals surface area contributed by atoms with E-state index in [4.69, 9.17) is 5.73 Å². The molecule has 0 aromatic carbocycles. The average molecular weight is 380 g/mol. The topological polar surface area (TPSA) is 49.6 Å². The van der Waals surface area contributed by atoms with Crippen LogP contribution in [0.4, 0.5) is 0 Å². The molecule has 142 valence electrons. The van der Waals surface area contributed by atoms with Crippen LogP contribution in [0.5, 0.6) is 0 Å². The van der Waals surface area contributed by atoms with E-state index in [1.165, 1.54) is 58.0 Å². The molecule has 6 heteroatoms. The first-order chi connectivity index (χ1) is 10.7. The first-order valence-electron chi connectivity index (χ1n) is 9.44. The molecule has 1 aliphatic carbocycles. The van der Waals surface area contributed by atoms with Gasteiger partial charge in [0, 0.05) is 25.6 Å². The summed E-state index contributed by atoms with van der Waals surface area (Å²) >= 11 is 0. The van der Waals surface area contributed by atoms with E-state index < -0.39 is 0 Å². The summed E-state index contributed by atoms with van der Waals surface area (Å²) in [7, 11) is 0. The van der Waals surface area contributed by atoms with Crippen molar-refractivity contribution in [3.63, 3.8) is 0 Å². The van der Waals surface area contributed by atoms with Crippen LogP contribution >= 0.6 is 24.8 Å². The second-order valence-corrected chi connectivity index (χ2v) is 7.82. The molecule has 2 heterocycles. The predicted octanol–water partition coefficient (Wildman–Crippen LogP) is 3.22. The standard InChI is InChI=1S/C18H33N3O.2ClH/c19-15-18(8-2-1-3-9-18)13-17(22)21-12-6-7-16(14-21)20-10-4-5-11-20;;/h16H,1-15,19H2;2*1H. The molecule has 1 unspecified atom stereocenters. The summed E-state index contributed by atoms with van der Waals surface area (Å²) in [4.78, 5) is 17.6. The third kappa shape index (κ3) is 5.23. The van der Waals surface area contributed by atoms with Crippen molar-refractivity contribution in [3.8, 4) is 0 Å². The van der Waals surface area contributed by atoms with E-state index in [1.54, 1.807) is 0 Å². The van der Waals surface area contributed by atoms with Crippen molar-refractivity contribution in [2.45, 2.75) is 70.3 Å². The molecule has 0 bridgehead atoms. The fourth-order valence-electron chi connectivity index (χ4n) is 4.77. The molecule has 2 aliphatic heterocycles. The Morgan fingerprint density at radius 3 is 2.25 bits per heavy atom. The van der Waals surface area contributed by atoms with Crippen LogP contribution in [0, 0.1) is 5.41 Å². The van der Waals surface area contributed by atoms with Crippen LogP contribution in [0.1, 0.15) is 64.2 Å². The average Bonchev–Trinajstić information content (AvgIpc) is 3.10. The number of halogens is 2. The number of carbonyl (C=O) groups is 1. The maximum atomic E-state index is 12.8. The highest BCUT2D eigenvalue weighted by molar-refractivity contribution is 5.85. The van der Waals surface area contributed by atoms with Crippen molar-refractivity contribution in [2.75, 3.05) is 32.7 Å². The normalized spacial score (nSPS) is 27.2. The van der Waals surface area contributed by atoms with Crippen molar-refractivity contribution >= 4 is 30.7 Å². The van der Waals surface area contributed by atoms with Gasteiger partial charge in [0.05, 0.1) is 0 Å². The number of piperidine rings is 1. The zero-order chi connectivity index (χ0) is 15.4. The fraction of sp³-hybridized carbons (Fsp3) is 0.944. The number of hydrogen-bond acceptors (Lipinski definition) is 3. The zero-order valence-corrected chi connectivity index (χ0v) is 16.5. The lowest BCUT2D eigenvalue weighted by Crippen LogP contribution is -2.50. The molecule has 2 N–H and O–H groups in total. The van der Waals surface area contributed by atoms with Crippen LogP contribution in [-0.4, -0.2) is 54.5 Å². The highest BCUT2D eigenvalue weighted by Gasteiger charge is 2.36. The van der Waals surface area contributed by atoms with Gasteiger partial charge >= 0.3 is 0 Å². The van der Waals surface area contributed by atoms with Gasteiger partial charge in [-0.3, -0.25) is 9.69 Å². The summed E-state index contributed by atoms with van der Waals surface area (Å²) in [6, 6.07) is 0.611. The number of nitrogens with two attached hydrogens (primary N) is 1. The fourth-order valence-corrected chi connectivity index (χ4v) is 4.77. The first-order valence-corrected chi connectivity index (χ1v) is 9.44. The SMILES string of the molecule is Cl.Cl.NCC1(CC(=O)N2CCCC(N3CCCC3)C2)CCCCC1. The second kappa shape index (κ2) is 10.2. The molecule has 3 fully saturated rings. The summed E-state index contributed by atoms with van der Waals surface area (Å²) in [5.74, 6) is 0.372. The van der Waals surface area contributed by atoms with Gasteiger partial charge in [-0.05, 0) is 63.6 Å². The summed E-state index contributed by atoms with van der Waals surface area (Å²) in [6.45, 7) is 5.07. The number of hydrogen-bond donors (Lipinski definition) is 1. The first kappa shape index (κ1) is 22.0. The smallest absolute Gasteiger partial charge is 0.223 e. The third-order valence-corrected chi connectivity index (χ3v) is 6.28. The Morgan fingerprint density at radius 1 is 0.958 bits per heavy atom. The van der Waals surface area contributed by atoms with Gasteiger partial charge in [0.15, 0.2) is 0 Å². The van der Waals surface area contributed by atoms with Gasteiger partial charge in [0.1, 0.15) is 0 Å². The molecular formula is C18H35Cl2N3O. The van der Waals surface area contributed by atoms with Crippen molar-refractivity contribution in [1.82, 2.24) is 9.80 Å². The van der Waals surface area contributed by atoms with Gasteiger partial charge in [-0.15, -0.1) is 24.8 Å². The number of rotatable bonds is 4. The molecule has 1 amide bonds. The lowest BCUT2D eigenvalue weighted by atomic mass is 9.71. The molecule has 1 saturated carbocycles. The van der Waals surface area contributed by atoms with Crippen molar-refractivity contribution in [3.05, 3.63) is 0 Å². The molecule has 0 aromatic heterocycles. The van der Waals surface area contributed by atoms with Crippen molar-refractivity contribution < 1.29 is 4.79 Å². The highest BCUT2D eigenvalue weighted by Crippen LogP contribution is 2.39. The third-order valence-electron chi connectivity index (χ3n) is 6.28. The molecule has 4 nitrogen and oxygen atoms in total. The quantitative estimate of drug-likeness (QED) is 0.815. The summed E-state index contributed by atoms with van der Waals surface area (Å²) < 4.78 is 0. The Morgan fingerprint density at radius 2 is 1.62 bits per heavy atom. The molecule has 24 heavy (non-hydrogen) atoms. The van der Waals surface area contributed by atoms with E-state index in [1.807, 2.05) is 0 Å². The van der Waals surface area contributed by atoms with Gasteiger partial charge in [0.25, 0.3) is 0 Å². The summed E-state index contributed by atoms with van der Waals surface area (Å²) in [5, 5.41) is 0. The molecule has 2 saturated heterocycles. The molecule has 1 atom stereocenters. The molecule has 3 aliphatic rings. The lowest BCUT2D eigenvalue weighted by Gasteiger charge is -2.41. The van der Waals surface area contributed by atoms with Gasteiger partial charge in [0.2, 0.25) is 5.91 Å². The zero-order valence-electron chi connectivity index (χ0n) is 14.9. The van der Waals surface area contributed by atoms with Crippen LogP contribution in [0.15, 0.2) is 0 Å². The van der Waals surface area contributed by atoms with Crippen LogP contribution in [0.2, 0.25) is 0 Å². The van der Waals surface area contributed by atoms with E-state index in [0.717, 1.165) is 25.9 Å². The Hall–Kier alpha value is -0.0300. The van der Waals surface area contributed by atoms with E-state index in [-0.39, 0.29) is 30.2 Å². The maximum absolute atomic E-state index is 12.8. The van der Waals surface area contributed by atoms with Crippen LogP contribution in [0.3, 0.4) is 0 Å². The van der Waals surface area contributed by atoms with Crippen molar-refractivity contribution in [2.24, 2.45) is 11.1 Å². The minimum atomic E-state index is 0. The maximum Gasteiger partial charge on any atom is 0.223 e. The molecule has 0 spiro atoms. The minimum Gasteiger partial charge on any atom is -0.341 e. The largest absolute Gasteiger partial charge is 0.341 e. The van der Waals surface area contributed by atoms with Gasteiger partial charge < -0.3 is 10.6 Å². The van der Waals surface area contributed by atoms with E-state index >= 15 is 0 Å². The van der Waals surface area contributed by atoms with Crippen molar-refractivity contribution in [1.29, 1.82) is 0 Å². The van der Waals surface area contributed by atoms with E-state index in [0.29, 0.717) is 24.9 Å². The Balaban J connectivity index is 0.00000144. The molecule has 0 radical (unpaired) electrons. The van der Waals surface area contributed by atoms with E-state index in [9.17, 15) is 4.79 Å². The number of amides is 1. The monoisotopic (exact) mass is 379 g/mol. The predicted molar refractivity (Wildman–Crippen MR) is 104 cm³/mol. The van der Waals surface area contributed by atoms with Gasteiger partial charge in [-0.2, -0.15) is 0 Å².